The molecule has 36 heavy (non-hydrogen) atoms. The predicted molar refractivity (Wildman–Crippen MR) is 122 cm³/mol. The summed E-state index contributed by atoms with van der Waals surface area (Å²) < 4.78 is 49.2. The summed E-state index contributed by atoms with van der Waals surface area (Å²) in [5.74, 6) is -1.90. The van der Waals surface area contributed by atoms with Crippen LogP contribution in [0.3, 0.4) is 0 Å². The van der Waals surface area contributed by atoms with Crippen LogP contribution in [-0.2, 0) is 23.4 Å². The molecule has 1 aliphatic rings. The van der Waals surface area contributed by atoms with E-state index in [1.165, 1.54) is 19.1 Å². The molecule has 0 bridgehead atoms. The van der Waals surface area contributed by atoms with E-state index in [0.717, 1.165) is 0 Å². The molecule has 0 aliphatic carbocycles. The van der Waals surface area contributed by atoms with Gasteiger partial charge in [0.05, 0.1) is 18.9 Å². The fraction of sp³-hybridized carbons (Fsp3) is 0.476. The molecule has 3 rings (SSSR count). The Bertz CT molecular complexity index is 1220. The number of H-pyrrole nitrogens is 1. The number of aromatic nitrogens is 2. The van der Waals surface area contributed by atoms with Gasteiger partial charge in [-0.15, -0.1) is 0 Å². The molecular weight excluding hydrogens is 504 g/mol. The van der Waals surface area contributed by atoms with E-state index in [1.807, 2.05) is 0 Å². The van der Waals surface area contributed by atoms with Crippen molar-refractivity contribution in [2.45, 2.75) is 57.5 Å². The maximum atomic E-state index is 13.7. The van der Waals surface area contributed by atoms with E-state index in [4.69, 9.17) is 18.5 Å². The third-order valence-electron chi connectivity index (χ3n) is 4.97. The number of rotatable bonds is 10. The molecular formula is C21H27FN3O10P. The Kier molecular flexibility index (Phi) is 8.82. The van der Waals surface area contributed by atoms with E-state index < -0.39 is 74.1 Å². The summed E-state index contributed by atoms with van der Waals surface area (Å²) in [6.45, 7) is 4.02. The van der Waals surface area contributed by atoms with Gasteiger partial charge in [0.1, 0.15) is 30.1 Å². The van der Waals surface area contributed by atoms with Gasteiger partial charge >= 0.3 is 19.4 Å². The van der Waals surface area contributed by atoms with Crippen molar-refractivity contribution in [2.24, 2.45) is 0 Å². The van der Waals surface area contributed by atoms with Gasteiger partial charge < -0.3 is 24.2 Å². The summed E-state index contributed by atoms with van der Waals surface area (Å²) in [6, 6.07) is 6.78. The highest BCUT2D eigenvalue weighted by Gasteiger charge is 2.46. The van der Waals surface area contributed by atoms with Gasteiger partial charge in [-0.05, 0) is 32.9 Å². The number of carbonyl (C=O) groups is 1. The molecule has 1 fully saturated rings. The number of aliphatic hydroxyl groups excluding tert-OH is 2. The first-order chi connectivity index (χ1) is 16.9. The minimum atomic E-state index is -4.31. The summed E-state index contributed by atoms with van der Waals surface area (Å²) in [4.78, 5) is 37.2. The lowest BCUT2D eigenvalue weighted by Gasteiger charge is -2.25. The smallest absolute Gasteiger partial charge is 0.459 e. The molecule has 1 aromatic carbocycles. The van der Waals surface area contributed by atoms with E-state index >= 15 is 0 Å². The van der Waals surface area contributed by atoms with Gasteiger partial charge in [0.15, 0.2) is 6.23 Å². The van der Waals surface area contributed by atoms with E-state index in [1.54, 1.807) is 37.0 Å². The summed E-state index contributed by atoms with van der Waals surface area (Å²) in [7, 11) is -4.31. The first-order valence-corrected chi connectivity index (χ1v) is 12.4. The molecule has 1 aromatic heterocycles. The normalized spacial score (nSPS) is 24.3. The minimum Gasteiger partial charge on any atom is -0.462 e. The largest absolute Gasteiger partial charge is 0.462 e. The van der Waals surface area contributed by atoms with E-state index in [0.29, 0.717) is 10.8 Å². The average molecular weight is 531 g/mol. The van der Waals surface area contributed by atoms with Gasteiger partial charge in [0.2, 0.25) is 5.82 Å². The zero-order valence-electron chi connectivity index (χ0n) is 19.6. The number of hydrogen-bond donors (Lipinski definition) is 4. The average Bonchev–Trinajstić information content (AvgIpc) is 3.08. The van der Waals surface area contributed by atoms with Gasteiger partial charge in [-0.25, -0.2) is 9.36 Å². The Morgan fingerprint density at radius 2 is 1.89 bits per heavy atom. The van der Waals surface area contributed by atoms with Crippen molar-refractivity contribution in [1.29, 1.82) is 0 Å². The summed E-state index contributed by atoms with van der Waals surface area (Å²) in [5, 5.41) is 23.2. The summed E-state index contributed by atoms with van der Waals surface area (Å²) >= 11 is 0. The highest BCUT2D eigenvalue weighted by Crippen LogP contribution is 2.46. The number of carbonyl (C=O) groups excluding carboxylic acids is 1. The number of ether oxygens (including phenoxy) is 2. The van der Waals surface area contributed by atoms with E-state index in [9.17, 15) is 33.6 Å². The molecule has 15 heteroatoms. The topological polar surface area (TPSA) is 178 Å². The Labute approximate surface area is 204 Å². The van der Waals surface area contributed by atoms with Crippen LogP contribution in [0.25, 0.3) is 0 Å². The summed E-state index contributed by atoms with van der Waals surface area (Å²) in [6.07, 6.45) is -6.25. The van der Waals surface area contributed by atoms with Crippen molar-refractivity contribution >= 4 is 13.7 Å². The highest BCUT2D eigenvalue weighted by molar-refractivity contribution is 7.52. The second-order valence-corrected chi connectivity index (χ2v) is 9.92. The fourth-order valence-corrected chi connectivity index (χ4v) is 4.75. The standard InChI is InChI=1S/C21H27FN3O10P/c1-11(2)33-20(29)12(3)24-36(31,35-13-7-5-4-6-8-13)32-10-15-16(26)17(27)19(34-15)25-9-14(22)18(28)23-21(25)30/h4-9,11-12,15-17,19,26-27H,10H2,1-3H3,(H,24,31)(H,23,28,30)/t12-,15-,16-,17+,19-,36?/m1/s1. The van der Waals surface area contributed by atoms with Gasteiger partial charge in [-0.3, -0.25) is 23.7 Å². The van der Waals surface area contributed by atoms with Crippen LogP contribution >= 0.6 is 7.75 Å². The number of esters is 1. The molecule has 6 atom stereocenters. The van der Waals surface area contributed by atoms with Crippen LogP contribution in [0.2, 0.25) is 0 Å². The lowest BCUT2D eigenvalue weighted by Crippen LogP contribution is -2.39. The number of nitrogens with zero attached hydrogens (tertiary/aromatic N) is 1. The maximum Gasteiger partial charge on any atom is 0.459 e. The van der Waals surface area contributed by atoms with Crippen molar-refractivity contribution < 1.29 is 42.5 Å². The first kappa shape index (κ1) is 27.7. The number of nitrogens with one attached hydrogen (secondary N) is 2. The Balaban J connectivity index is 1.77. The van der Waals surface area contributed by atoms with Crippen LogP contribution in [0.4, 0.5) is 4.39 Å². The van der Waals surface area contributed by atoms with Gasteiger partial charge in [-0.2, -0.15) is 9.48 Å². The molecule has 1 aliphatic heterocycles. The first-order valence-electron chi connectivity index (χ1n) is 10.9. The Morgan fingerprint density at radius 1 is 1.22 bits per heavy atom. The molecule has 0 saturated carbocycles. The van der Waals surface area contributed by atoms with Crippen LogP contribution in [0.15, 0.2) is 46.1 Å². The maximum absolute atomic E-state index is 13.7. The number of benzene rings is 1. The zero-order chi connectivity index (χ0) is 26.6. The van der Waals surface area contributed by atoms with Crippen molar-refractivity contribution in [3.05, 3.63) is 63.2 Å². The number of aliphatic hydroxyl groups is 2. The molecule has 13 nitrogen and oxygen atoms in total. The van der Waals surface area contributed by atoms with Crippen LogP contribution in [-0.4, -0.2) is 62.8 Å². The second kappa shape index (κ2) is 11.5. The quantitative estimate of drug-likeness (QED) is 0.247. The molecule has 4 N–H and O–H groups in total. The highest BCUT2D eigenvalue weighted by atomic mass is 31.2. The third-order valence-corrected chi connectivity index (χ3v) is 6.61. The summed E-state index contributed by atoms with van der Waals surface area (Å²) in [5.41, 5.74) is -2.35. The minimum absolute atomic E-state index is 0.138. The zero-order valence-corrected chi connectivity index (χ0v) is 20.5. The third kappa shape index (κ3) is 6.66. The fourth-order valence-electron chi connectivity index (χ4n) is 3.25. The van der Waals surface area contributed by atoms with Gasteiger partial charge in [0, 0.05) is 0 Å². The molecule has 0 spiro atoms. The van der Waals surface area contributed by atoms with Crippen LogP contribution in [0.1, 0.15) is 27.0 Å². The number of para-hydroxylation sites is 1. The lowest BCUT2D eigenvalue weighted by atomic mass is 10.1. The monoisotopic (exact) mass is 531 g/mol. The molecule has 2 heterocycles. The molecule has 0 amide bonds. The number of aromatic amines is 1. The number of halogens is 1. The van der Waals surface area contributed by atoms with Gasteiger partial charge in [0.25, 0.3) is 5.56 Å². The SMILES string of the molecule is CC(C)OC(=O)[C@@H](C)NP(=O)(OC[C@H]1O[C@@H](n2cc(F)c(=O)[nH]c2=O)[C@@H](O)[C@@H]1O)Oc1ccccc1. The van der Waals surface area contributed by atoms with Gasteiger partial charge in [-0.1, -0.05) is 18.2 Å². The van der Waals surface area contributed by atoms with E-state index in [2.05, 4.69) is 5.09 Å². The molecule has 198 valence electrons. The molecule has 0 radical (unpaired) electrons. The lowest BCUT2D eigenvalue weighted by molar-refractivity contribution is -0.149. The van der Waals surface area contributed by atoms with Crippen molar-refractivity contribution in [3.63, 3.8) is 0 Å². The molecule has 2 aromatic rings. The van der Waals surface area contributed by atoms with Crippen LogP contribution in [0, 0.1) is 5.82 Å². The Morgan fingerprint density at radius 3 is 2.53 bits per heavy atom. The number of hydrogen-bond acceptors (Lipinski definition) is 10. The van der Waals surface area contributed by atoms with E-state index in [-0.39, 0.29) is 5.75 Å². The second-order valence-electron chi connectivity index (χ2n) is 8.22. The van der Waals surface area contributed by atoms with Crippen LogP contribution in [0.5, 0.6) is 5.75 Å². The molecule has 1 unspecified atom stereocenters. The molecule has 1 saturated heterocycles. The van der Waals surface area contributed by atoms with Crippen LogP contribution < -0.4 is 20.9 Å². The Hall–Kier alpha value is -2.87. The predicted octanol–water partition coefficient (Wildman–Crippen LogP) is 0.428. The van der Waals surface area contributed by atoms with Crippen molar-refractivity contribution in [3.8, 4) is 5.75 Å². The van der Waals surface area contributed by atoms with Crippen molar-refractivity contribution in [1.82, 2.24) is 14.6 Å². The van der Waals surface area contributed by atoms with Crippen molar-refractivity contribution in [2.75, 3.05) is 6.61 Å².